The van der Waals surface area contributed by atoms with Crippen molar-refractivity contribution in [3.05, 3.63) is 24.0 Å². The molecule has 1 fully saturated rings. The Hall–Kier alpha value is -1.13. The minimum atomic E-state index is -0.0716. The quantitative estimate of drug-likeness (QED) is 0.903. The Bertz CT molecular complexity index is 418. The highest BCUT2D eigenvalue weighted by Gasteiger charge is 2.27. The van der Waals surface area contributed by atoms with Crippen LogP contribution in [0.5, 0.6) is 0 Å². The predicted octanol–water partition coefficient (Wildman–Crippen LogP) is 2.19. The van der Waals surface area contributed by atoms with Crippen LogP contribution in [0, 0.1) is 0 Å². The average Bonchev–Trinajstić information content (AvgIpc) is 2.35. The molecule has 1 aromatic heterocycles. The van der Waals surface area contributed by atoms with Gasteiger partial charge >= 0.3 is 0 Å². The van der Waals surface area contributed by atoms with Crippen molar-refractivity contribution in [1.82, 2.24) is 10.3 Å². The Morgan fingerprint density at radius 2 is 2.26 bits per heavy atom. The summed E-state index contributed by atoms with van der Waals surface area (Å²) in [4.78, 5) is 6.80. The molecule has 0 bridgehead atoms. The van der Waals surface area contributed by atoms with Crippen molar-refractivity contribution in [3.63, 3.8) is 0 Å². The van der Waals surface area contributed by atoms with Crippen molar-refractivity contribution >= 4 is 5.69 Å². The van der Waals surface area contributed by atoms with Gasteiger partial charge in [-0.1, -0.05) is 13.8 Å². The lowest BCUT2D eigenvalue weighted by molar-refractivity contribution is -0.0277. The molecule has 2 heterocycles. The molecule has 0 unspecified atom stereocenters. The molecule has 0 spiro atoms. The number of nitrogens with zero attached hydrogens (tertiary/aromatic N) is 2. The molecular formula is C15H25N3O. The molecule has 1 aliphatic heterocycles. The molecule has 1 aromatic rings. The summed E-state index contributed by atoms with van der Waals surface area (Å²) >= 11 is 0. The van der Waals surface area contributed by atoms with Gasteiger partial charge < -0.3 is 15.0 Å². The number of rotatable bonds is 4. The molecule has 19 heavy (non-hydrogen) atoms. The van der Waals surface area contributed by atoms with E-state index in [9.17, 15) is 0 Å². The summed E-state index contributed by atoms with van der Waals surface area (Å²) in [5.74, 6) is 0. The fraction of sp³-hybridized carbons (Fsp3) is 0.667. The Morgan fingerprint density at radius 1 is 1.47 bits per heavy atom. The van der Waals surface area contributed by atoms with Gasteiger partial charge in [0.05, 0.1) is 17.9 Å². The van der Waals surface area contributed by atoms with E-state index in [-0.39, 0.29) is 5.60 Å². The van der Waals surface area contributed by atoms with E-state index in [1.165, 1.54) is 5.69 Å². The van der Waals surface area contributed by atoms with Gasteiger partial charge in [-0.05, 0) is 26.0 Å². The van der Waals surface area contributed by atoms with Gasteiger partial charge in [-0.2, -0.15) is 0 Å². The van der Waals surface area contributed by atoms with Crippen LogP contribution in [0.25, 0.3) is 0 Å². The number of aromatic nitrogens is 1. The van der Waals surface area contributed by atoms with Gasteiger partial charge in [-0.25, -0.2) is 0 Å². The van der Waals surface area contributed by atoms with Crippen LogP contribution in [-0.2, 0) is 11.3 Å². The van der Waals surface area contributed by atoms with Crippen molar-refractivity contribution in [3.8, 4) is 0 Å². The highest BCUT2D eigenvalue weighted by Crippen LogP contribution is 2.23. The molecule has 4 nitrogen and oxygen atoms in total. The van der Waals surface area contributed by atoms with Gasteiger partial charge in [0.15, 0.2) is 0 Å². The molecule has 0 amide bonds. The normalized spacial score (nSPS) is 18.9. The first kappa shape index (κ1) is 14.3. The largest absolute Gasteiger partial charge is 0.372 e. The zero-order valence-corrected chi connectivity index (χ0v) is 12.4. The van der Waals surface area contributed by atoms with Crippen LogP contribution < -0.4 is 10.2 Å². The van der Waals surface area contributed by atoms with Crippen molar-refractivity contribution in [2.75, 3.05) is 24.6 Å². The summed E-state index contributed by atoms with van der Waals surface area (Å²) in [7, 11) is 0. The number of anilines is 1. The SMILES string of the molecule is CC(C)NCc1cc(N2CCOC(C)(C)C2)ccn1. The molecule has 106 valence electrons. The molecule has 0 atom stereocenters. The van der Waals surface area contributed by atoms with Crippen molar-refractivity contribution < 1.29 is 4.74 Å². The number of ether oxygens (including phenoxy) is 1. The standard InChI is InChI=1S/C15H25N3O/c1-12(2)17-10-13-9-14(5-6-16-13)18-7-8-19-15(3,4)11-18/h5-6,9,12,17H,7-8,10-11H2,1-4H3. The van der Waals surface area contributed by atoms with Crippen LogP contribution in [0.15, 0.2) is 18.3 Å². The molecule has 2 rings (SSSR count). The Kier molecular flexibility index (Phi) is 4.42. The lowest BCUT2D eigenvalue weighted by Gasteiger charge is -2.39. The zero-order chi connectivity index (χ0) is 13.9. The van der Waals surface area contributed by atoms with Crippen molar-refractivity contribution in [2.24, 2.45) is 0 Å². The Morgan fingerprint density at radius 3 is 2.95 bits per heavy atom. The van der Waals surface area contributed by atoms with Crippen molar-refractivity contribution in [1.29, 1.82) is 0 Å². The minimum Gasteiger partial charge on any atom is -0.372 e. The smallest absolute Gasteiger partial charge is 0.0801 e. The third-order valence-electron chi connectivity index (χ3n) is 3.28. The van der Waals surface area contributed by atoms with Crippen molar-refractivity contribution in [2.45, 2.75) is 45.9 Å². The number of pyridine rings is 1. The van der Waals surface area contributed by atoms with Gasteiger partial charge in [-0.15, -0.1) is 0 Å². The van der Waals surface area contributed by atoms with E-state index in [4.69, 9.17) is 4.74 Å². The Balaban J connectivity index is 2.05. The maximum absolute atomic E-state index is 5.76. The number of morpholine rings is 1. The second-order valence-corrected chi connectivity index (χ2v) is 6.07. The van der Waals surface area contributed by atoms with E-state index in [2.05, 4.69) is 55.0 Å². The third-order valence-corrected chi connectivity index (χ3v) is 3.28. The van der Waals surface area contributed by atoms with E-state index in [0.29, 0.717) is 6.04 Å². The molecular weight excluding hydrogens is 238 g/mol. The predicted molar refractivity (Wildman–Crippen MR) is 78.5 cm³/mol. The summed E-state index contributed by atoms with van der Waals surface area (Å²) in [6, 6.07) is 4.74. The molecule has 0 aliphatic carbocycles. The van der Waals surface area contributed by atoms with Crippen LogP contribution in [0.2, 0.25) is 0 Å². The van der Waals surface area contributed by atoms with Crippen LogP contribution >= 0.6 is 0 Å². The number of hydrogen-bond acceptors (Lipinski definition) is 4. The van der Waals surface area contributed by atoms with Crippen LogP contribution in [0.3, 0.4) is 0 Å². The maximum atomic E-state index is 5.76. The van der Waals surface area contributed by atoms with Crippen LogP contribution in [0.1, 0.15) is 33.4 Å². The first-order chi connectivity index (χ1) is 8.96. The van der Waals surface area contributed by atoms with Gasteiger partial charge in [0.1, 0.15) is 0 Å². The number of hydrogen-bond donors (Lipinski definition) is 1. The lowest BCUT2D eigenvalue weighted by atomic mass is 10.1. The number of nitrogens with one attached hydrogen (secondary N) is 1. The minimum absolute atomic E-state index is 0.0716. The van der Waals surface area contributed by atoms with E-state index in [1.807, 2.05) is 6.20 Å². The highest BCUT2D eigenvalue weighted by atomic mass is 16.5. The molecule has 1 N–H and O–H groups in total. The first-order valence-corrected chi connectivity index (χ1v) is 7.03. The van der Waals surface area contributed by atoms with Crippen LogP contribution in [-0.4, -0.2) is 36.3 Å². The average molecular weight is 263 g/mol. The lowest BCUT2D eigenvalue weighted by Crippen LogP contribution is -2.48. The van der Waals surface area contributed by atoms with Gasteiger partial charge in [0.25, 0.3) is 0 Å². The topological polar surface area (TPSA) is 37.4 Å². The fourth-order valence-corrected chi connectivity index (χ4v) is 2.30. The van der Waals surface area contributed by atoms with Gasteiger partial charge in [0.2, 0.25) is 0 Å². The van der Waals surface area contributed by atoms with Crippen LogP contribution in [0.4, 0.5) is 5.69 Å². The summed E-state index contributed by atoms with van der Waals surface area (Å²) in [6.07, 6.45) is 1.90. The van der Waals surface area contributed by atoms with Gasteiger partial charge in [0, 0.05) is 37.6 Å². The third kappa shape index (κ3) is 4.18. The van der Waals surface area contributed by atoms with E-state index >= 15 is 0 Å². The monoisotopic (exact) mass is 263 g/mol. The van der Waals surface area contributed by atoms with E-state index in [0.717, 1.165) is 31.9 Å². The zero-order valence-electron chi connectivity index (χ0n) is 12.4. The fourth-order valence-electron chi connectivity index (χ4n) is 2.30. The molecule has 0 saturated carbocycles. The second kappa shape index (κ2) is 5.88. The molecule has 1 aliphatic rings. The first-order valence-electron chi connectivity index (χ1n) is 7.03. The summed E-state index contributed by atoms with van der Waals surface area (Å²) in [5.41, 5.74) is 2.26. The summed E-state index contributed by atoms with van der Waals surface area (Å²) < 4.78 is 5.76. The molecule has 0 aromatic carbocycles. The second-order valence-electron chi connectivity index (χ2n) is 6.07. The summed E-state index contributed by atoms with van der Waals surface area (Å²) in [6.45, 7) is 12.1. The molecule has 0 radical (unpaired) electrons. The Labute approximate surface area is 116 Å². The highest BCUT2D eigenvalue weighted by molar-refractivity contribution is 5.47. The molecule has 1 saturated heterocycles. The summed E-state index contributed by atoms with van der Waals surface area (Å²) in [5, 5.41) is 3.40. The van der Waals surface area contributed by atoms with Gasteiger partial charge in [-0.3, -0.25) is 4.98 Å². The van der Waals surface area contributed by atoms with E-state index in [1.54, 1.807) is 0 Å². The maximum Gasteiger partial charge on any atom is 0.0801 e. The molecule has 4 heteroatoms. The van der Waals surface area contributed by atoms with E-state index < -0.39 is 0 Å².